The molecule has 1 rings (SSSR count). The second-order valence-electron chi connectivity index (χ2n) is 3.88. The Hall–Kier alpha value is -0.310. The number of nitrogens with zero attached hydrogens (tertiary/aromatic N) is 1. The van der Waals surface area contributed by atoms with Crippen molar-refractivity contribution in [1.29, 1.82) is 0 Å². The van der Waals surface area contributed by atoms with Gasteiger partial charge in [0.1, 0.15) is 0 Å². The molecule has 1 saturated heterocycles. The average Bonchev–Trinajstić information content (AvgIpc) is 2.50. The van der Waals surface area contributed by atoms with Gasteiger partial charge in [-0.05, 0) is 18.3 Å². The molecule has 4 heteroatoms. The maximum Gasteiger partial charge on any atom is 0.272 e. The first-order valence-corrected chi connectivity index (χ1v) is 5.03. The Morgan fingerprint density at radius 1 is 1.62 bits per heavy atom. The van der Waals surface area contributed by atoms with Crippen LogP contribution in [0.2, 0.25) is 0 Å². The van der Waals surface area contributed by atoms with Gasteiger partial charge in [0.05, 0.1) is 0 Å². The molecule has 2 atom stereocenters. The van der Waals surface area contributed by atoms with E-state index >= 15 is 0 Å². The van der Waals surface area contributed by atoms with Gasteiger partial charge >= 0.3 is 0 Å². The topological polar surface area (TPSA) is 20.3 Å². The largest absolute Gasteiger partial charge is 0.339 e. The van der Waals surface area contributed by atoms with E-state index in [0.29, 0.717) is 24.9 Å². The molecule has 0 aliphatic carbocycles. The molecule has 0 aromatic rings. The van der Waals surface area contributed by atoms with Crippen molar-refractivity contribution in [3.63, 3.8) is 0 Å². The standard InChI is InChI=1S/C9H15ClFNO/c1-6(2)7-3-4-12(5-7)9(13)8(10)11/h6-8H,3-5H2,1-2H3/t7?,8-/m0/s1. The first-order valence-electron chi connectivity index (χ1n) is 4.59. The Balaban J connectivity index is 2.45. The van der Waals surface area contributed by atoms with Crippen LogP contribution in [-0.4, -0.2) is 29.5 Å². The smallest absolute Gasteiger partial charge is 0.272 e. The Morgan fingerprint density at radius 3 is 2.62 bits per heavy atom. The number of hydrogen-bond donors (Lipinski definition) is 0. The predicted octanol–water partition coefficient (Wildman–Crippen LogP) is 2.03. The zero-order valence-electron chi connectivity index (χ0n) is 7.96. The highest BCUT2D eigenvalue weighted by Crippen LogP contribution is 2.24. The third-order valence-electron chi connectivity index (χ3n) is 2.67. The fourth-order valence-electron chi connectivity index (χ4n) is 1.67. The monoisotopic (exact) mass is 207 g/mol. The Labute approximate surface area is 83.0 Å². The van der Waals surface area contributed by atoms with E-state index in [9.17, 15) is 9.18 Å². The number of carbonyl (C=O) groups is 1. The summed E-state index contributed by atoms with van der Waals surface area (Å²) in [5, 5.41) is 0. The third kappa shape index (κ3) is 2.56. The van der Waals surface area contributed by atoms with Crippen LogP contribution < -0.4 is 0 Å². The molecule has 1 aliphatic rings. The molecule has 2 nitrogen and oxygen atoms in total. The summed E-state index contributed by atoms with van der Waals surface area (Å²) in [5.74, 6) is 0.468. The van der Waals surface area contributed by atoms with Crippen LogP contribution in [0.4, 0.5) is 4.39 Å². The molecular formula is C9H15ClFNO. The van der Waals surface area contributed by atoms with Crippen molar-refractivity contribution in [2.45, 2.75) is 25.9 Å². The Morgan fingerprint density at radius 2 is 2.23 bits per heavy atom. The Kier molecular flexibility index (Phi) is 3.54. The van der Waals surface area contributed by atoms with Gasteiger partial charge in [-0.2, -0.15) is 0 Å². The third-order valence-corrected chi connectivity index (χ3v) is 2.85. The summed E-state index contributed by atoms with van der Waals surface area (Å²) in [6, 6.07) is 0. The molecule has 0 aromatic carbocycles. The minimum absolute atomic E-state index is 0.499. The number of halogens is 2. The van der Waals surface area contributed by atoms with Gasteiger partial charge in [-0.3, -0.25) is 4.79 Å². The van der Waals surface area contributed by atoms with Gasteiger partial charge in [0.15, 0.2) is 0 Å². The van der Waals surface area contributed by atoms with Crippen molar-refractivity contribution in [2.24, 2.45) is 11.8 Å². The molecular weight excluding hydrogens is 193 g/mol. The number of rotatable bonds is 2. The molecule has 13 heavy (non-hydrogen) atoms. The van der Waals surface area contributed by atoms with E-state index in [4.69, 9.17) is 11.6 Å². The van der Waals surface area contributed by atoms with Crippen LogP contribution in [0.1, 0.15) is 20.3 Å². The van der Waals surface area contributed by atoms with Gasteiger partial charge in [-0.15, -0.1) is 0 Å². The fourth-order valence-corrected chi connectivity index (χ4v) is 1.81. The number of hydrogen-bond acceptors (Lipinski definition) is 1. The van der Waals surface area contributed by atoms with E-state index in [1.165, 1.54) is 4.90 Å². The number of amides is 1. The Bertz CT molecular complexity index is 196. The van der Waals surface area contributed by atoms with E-state index in [1.54, 1.807) is 0 Å². The molecule has 0 radical (unpaired) electrons. The molecule has 1 unspecified atom stereocenters. The van der Waals surface area contributed by atoms with Crippen LogP contribution in [0.5, 0.6) is 0 Å². The maximum atomic E-state index is 12.4. The average molecular weight is 208 g/mol. The second-order valence-corrected chi connectivity index (χ2v) is 4.26. The summed E-state index contributed by atoms with van der Waals surface area (Å²) in [6.45, 7) is 5.54. The summed E-state index contributed by atoms with van der Waals surface area (Å²) >= 11 is 5.08. The summed E-state index contributed by atoms with van der Waals surface area (Å²) in [5.41, 5.74) is -1.87. The van der Waals surface area contributed by atoms with E-state index in [-0.39, 0.29) is 0 Å². The van der Waals surface area contributed by atoms with Gasteiger partial charge in [0, 0.05) is 13.1 Å². The molecule has 1 amide bonds. The van der Waals surface area contributed by atoms with Gasteiger partial charge < -0.3 is 4.90 Å². The van der Waals surface area contributed by atoms with Crippen LogP contribution in [0.25, 0.3) is 0 Å². The first kappa shape index (κ1) is 10.8. The lowest BCUT2D eigenvalue weighted by atomic mass is 9.95. The fraction of sp³-hybridized carbons (Fsp3) is 0.889. The van der Waals surface area contributed by atoms with Crippen LogP contribution in [0, 0.1) is 11.8 Å². The minimum atomic E-state index is -1.87. The molecule has 1 fully saturated rings. The SMILES string of the molecule is CC(C)C1CCN(C(=O)[C@H](F)Cl)C1. The lowest BCUT2D eigenvalue weighted by molar-refractivity contribution is -0.132. The van der Waals surface area contributed by atoms with E-state index in [2.05, 4.69) is 13.8 Å². The maximum absolute atomic E-state index is 12.4. The van der Waals surface area contributed by atoms with Crippen molar-refractivity contribution in [1.82, 2.24) is 4.90 Å². The molecule has 0 bridgehead atoms. The normalized spacial score (nSPS) is 25.3. The van der Waals surface area contributed by atoms with Crippen LogP contribution in [0.3, 0.4) is 0 Å². The number of carbonyl (C=O) groups excluding carboxylic acids is 1. The minimum Gasteiger partial charge on any atom is -0.339 e. The van der Waals surface area contributed by atoms with Crippen molar-refractivity contribution in [2.75, 3.05) is 13.1 Å². The molecule has 0 saturated carbocycles. The molecule has 76 valence electrons. The first-order chi connectivity index (χ1) is 6.02. The quantitative estimate of drug-likeness (QED) is 0.635. The van der Waals surface area contributed by atoms with Crippen molar-refractivity contribution in [3.05, 3.63) is 0 Å². The summed E-state index contributed by atoms with van der Waals surface area (Å²) in [7, 11) is 0. The number of likely N-dealkylation sites (tertiary alicyclic amines) is 1. The highest BCUT2D eigenvalue weighted by molar-refractivity contribution is 6.29. The lowest BCUT2D eigenvalue weighted by Crippen LogP contribution is -2.33. The molecule has 0 N–H and O–H groups in total. The van der Waals surface area contributed by atoms with Crippen molar-refractivity contribution >= 4 is 17.5 Å². The highest BCUT2D eigenvalue weighted by Gasteiger charge is 2.30. The predicted molar refractivity (Wildman–Crippen MR) is 50.3 cm³/mol. The molecule has 1 heterocycles. The summed E-state index contributed by atoms with van der Waals surface area (Å²) < 4.78 is 12.4. The lowest BCUT2D eigenvalue weighted by Gasteiger charge is -2.17. The van der Waals surface area contributed by atoms with E-state index < -0.39 is 11.5 Å². The van der Waals surface area contributed by atoms with Crippen LogP contribution >= 0.6 is 11.6 Å². The van der Waals surface area contributed by atoms with Gasteiger partial charge in [-0.1, -0.05) is 25.4 Å². The highest BCUT2D eigenvalue weighted by atomic mass is 35.5. The summed E-state index contributed by atoms with van der Waals surface area (Å²) in [6.07, 6.45) is 0.965. The van der Waals surface area contributed by atoms with Crippen molar-refractivity contribution < 1.29 is 9.18 Å². The van der Waals surface area contributed by atoms with Crippen molar-refractivity contribution in [3.8, 4) is 0 Å². The zero-order valence-corrected chi connectivity index (χ0v) is 8.72. The van der Waals surface area contributed by atoms with Crippen LogP contribution in [0.15, 0.2) is 0 Å². The molecule has 1 aliphatic heterocycles. The van der Waals surface area contributed by atoms with E-state index in [1.807, 2.05) is 0 Å². The van der Waals surface area contributed by atoms with Gasteiger partial charge in [0.2, 0.25) is 0 Å². The second kappa shape index (κ2) is 4.27. The molecule has 0 aromatic heterocycles. The molecule has 0 spiro atoms. The van der Waals surface area contributed by atoms with Gasteiger partial charge in [0.25, 0.3) is 11.5 Å². The van der Waals surface area contributed by atoms with Crippen LogP contribution in [-0.2, 0) is 4.79 Å². The zero-order chi connectivity index (χ0) is 10.0. The van der Waals surface area contributed by atoms with E-state index in [0.717, 1.165) is 6.42 Å². The summed E-state index contributed by atoms with van der Waals surface area (Å²) in [4.78, 5) is 12.6. The van der Waals surface area contributed by atoms with Gasteiger partial charge in [-0.25, -0.2) is 4.39 Å². The number of alkyl halides is 2.